The lowest BCUT2D eigenvalue weighted by Crippen LogP contribution is -2.48. The number of nitrogens with one attached hydrogen (secondary N) is 1. The SMILES string of the molecule is C.C[C@@H]1CCCN1Cc1sc(Nc2ncnc(N3CCN(CC(=O)O)CC3)c2F)nc1-c1cc(Cl)cc(C(F)(F)F)c1. The number of hydrogen-bond donors (Lipinski definition) is 2. The number of thiazole rings is 1. The van der Waals surface area contributed by atoms with Crippen molar-refractivity contribution in [1.29, 1.82) is 0 Å². The van der Waals surface area contributed by atoms with Crippen molar-refractivity contribution < 1.29 is 27.5 Å². The second-order valence-corrected chi connectivity index (χ2v) is 11.6. The third kappa shape index (κ3) is 7.28. The summed E-state index contributed by atoms with van der Waals surface area (Å²) in [5.41, 5.74) is -0.314. The second-order valence-electron chi connectivity index (χ2n) is 10.1. The number of alkyl halides is 3. The van der Waals surface area contributed by atoms with Crippen molar-refractivity contribution in [3.63, 3.8) is 0 Å². The number of carboxylic acids is 1. The highest BCUT2D eigenvalue weighted by Gasteiger charge is 2.32. The first-order valence-corrected chi connectivity index (χ1v) is 14.3. The molecule has 2 saturated heterocycles. The molecular formula is C27H32ClF4N7O2S. The molecule has 3 aromatic rings. The van der Waals surface area contributed by atoms with Crippen molar-refractivity contribution in [2.75, 3.05) is 49.5 Å². The quantitative estimate of drug-likeness (QED) is 0.292. The summed E-state index contributed by atoms with van der Waals surface area (Å²) in [6.07, 6.45) is -1.32. The average molecular weight is 630 g/mol. The Bertz CT molecular complexity index is 1420. The Kier molecular flexibility index (Phi) is 9.91. The van der Waals surface area contributed by atoms with E-state index in [4.69, 9.17) is 16.7 Å². The van der Waals surface area contributed by atoms with Gasteiger partial charge in [0.2, 0.25) is 5.82 Å². The molecule has 0 unspecified atom stereocenters. The number of rotatable bonds is 8. The molecule has 2 fully saturated rings. The maximum Gasteiger partial charge on any atom is 0.416 e. The van der Waals surface area contributed by atoms with Crippen molar-refractivity contribution in [2.45, 2.75) is 46.0 Å². The molecule has 0 aliphatic carbocycles. The topological polar surface area (TPSA) is 97.7 Å². The molecule has 0 spiro atoms. The molecule has 2 aliphatic rings. The van der Waals surface area contributed by atoms with Crippen molar-refractivity contribution >= 4 is 45.7 Å². The fourth-order valence-electron chi connectivity index (χ4n) is 5.12. The van der Waals surface area contributed by atoms with Crippen LogP contribution in [0.15, 0.2) is 24.5 Å². The molecule has 15 heteroatoms. The molecule has 5 rings (SSSR count). The number of halogens is 5. The van der Waals surface area contributed by atoms with Gasteiger partial charge in [0.15, 0.2) is 16.8 Å². The number of piperazine rings is 1. The molecule has 1 atom stereocenters. The Morgan fingerprint density at radius 3 is 2.55 bits per heavy atom. The zero-order chi connectivity index (χ0) is 29.3. The van der Waals surface area contributed by atoms with Crippen LogP contribution in [0.3, 0.4) is 0 Å². The monoisotopic (exact) mass is 629 g/mol. The normalized spacial score (nSPS) is 18.2. The van der Waals surface area contributed by atoms with Crippen LogP contribution in [0.25, 0.3) is 11.3 Å². The number of hydrogen-bond acceptors (Lipinski definition) is 9. The Morgan fingerprint density at radius 2 is 1.90 bits per heavy atom. The van der Waals surface area contributed by atoms with E-state index in [9.17, 15) is 18.0 Å². The van der Waals surface area contributed by atoms with Crippen molar-refractivity contribution in [3.05, 3.63) is 45.8 Å². The Labute approximate surface area is 250 Å². The fraction of sp³-hybridized carbons (Fsp3) is 0.481. The first kappa shape index (κ1) is 31.9. The van der Waals surface area contributed by atoms with Gasteiger partial charge in [-0.3, -0.25) is 14.6 Å². The van der Waals surface area contributed by atoms with Crippen LogP contribution < -0.4 is 10.2 Å². The lowest BCUT2D eigenvalue weighted by atomic mass is 10.1. The lowest BCUT2D eigenvalue weighted by molar-refractivity contribution is -0.139. The van der Waals surface area contributed by atoms with Crippen LogP contribution in [0.5, 0.6) is 0 Å². The van der Waals surface area contributed by atoms with Crippen molar-refractivity contribution in [3.8, 4) is 11.3 Å². The molecule has 0 radical (unpaired) electrons. The van der Waals surface area contributed by atoms with Gasteiger partial charge in [-0.1, -0.05) is 30.4 Å². The van der Waals surface area contributed by atoms with E-state index in [1.165, 1.54) is 23.7 Å². The van der Waals surface area contributed by atoms with Crippen LogP contribution in [0.4, 0.5) is 34.3 Å². The Hall–Kier alpha value is -3.07. The molecule has 9 nitrogen and oxygen atoms in total. The van der Waals surface area contributed by atoms with Gasteiger partial charge in [0.05, 0.1) is 17.8 Å². The first-order valence-electron chi connectivity index (χ1n) is 13.1. The van der Waals surface area contributed by atoms with E-state index < -0.39 is 23.5 Å². The van der Waals surface area contributed by atoms with E-state index in [-0.39, 0.29) is 41.3 Å². The van der Waals surface area contributed by atoms with E-state index in [2.05, 4.69) is 32.1 Å². The lowest BCUT2D eigenvalue weighted by Gasteiger charge is -2.34. The number of benzene rings is 1. The average Bonchev–Trinajstić information content (AvgIpc) is 3.50. The highest BCUT2D eigenvalue weighted by Crippen LogP contribution is 2.39. The smallest absolute Gasteiger partial charge is 0.416 e. The summed E-state index contributed by atoms with van der Waals surface area (Å²) in [5.74, 6) is -1.67. The highest BCUT2D eigenvalue weighted by molar-refractivity contribution is 7.16. The van der Waals surface area contributed by atoms with E-state index >= 15 is 4.39 Å². The summed E-state index contributed by atoms with van der Waals surface area (Å²) in [4.78, 5) is 30.2. The van der Waals surface area contributed by atoms with Crippen LogP contribution in [-0.4, -0.2) is 81.1 Å². The molecule has 0 saturated carbocycles. The number of anilines is 3. The number of carboxylic acid groups (broad SMARTS) is 1. The zero-order valence-corrected chi connectivity index (χ0v) is 23.7. The van der Waals surface area contributed by atoms with Crippen LogP contribution >= 0.6 is 22.9 Å². The second kappa shape index (κ2) is 13.1. The van der Waals surface area contributed by atoms with Gasteiger partial charge in [-0.15, -0.1) is 0 Å². The Balaban J connectivity index is 0.00000405. The first-order chi connectivity index (χ1) is 19.5. The third-order valence-corrected chi connectivity index (χ3v) is 8.43. The minimum Gasteiger partial charge on any atom is -0.480 e. The van der Waals surface area contributed by atoms with Gasteiger partial charge in [0, 0.05) is 54.2 Å². The van der Waals surface area contributed by atoms with Gasteiger partial charge in [-0.25, -0.2) is 15.0 Å². The van der Waals surface area contributed by atoms with E-state index in [1.54, 1.807) is 9.80 Å². The largest absolute Gasteiger partial charge is 0.480 e. The summed E-state index contributed by atoms with van der Waals surface area (Å²) >= 11 is 7.30. The fourth-order valence-corrected chi connectivity index (χ4v) is 6.36. The molecule has 228 valence electrons. The summed E-state index contributed by atoms with van der Waals surface area (Å²) in [6, 6.07) is 3.65. The zero-order valence-electron chi connectivity index (χ0n) is 22.1. The molecule has 2 N–H and O–H groups in total. The van der Waals surface area contributed by atoms with Crippen molar-refractivity contribution in [1.82, 2.24) is 24.8 Å². The van der Waals surface area contributed by atoms with Gasteiger partial charge >= 0.3 is 12.1 Å². The summed E-state index contributed by atoms with van der Waals surface area (Å²) < 4.78 is 56.3. The summed E-state index contributed by atoms with van der Waals surface area (Å²) in [7, 11) is 0. The maximum atomic E-state index is 15.6. The number of aliphatic carboxylic acids is 1. The predicted molar refractivity (Wildman–Crippen MR) is 155 cm³/mol. The molecule has 0 amide bonds. The van der Waals surface area contributed by atoms with Gasteiger partial charge in [-0.2, -0.15) is 17.6 Å². The minimum atomic E-state index is -4.58. The molecule has 2 aliphatic heterocycles. The van der Waals surface area contributed by atoms with Crippen LogP contribution in [0, 0.1) is 5.82 Å². The molecule has 1 aromatic carbocycles. The number of nitrogens with zero attached hydrogens (tertiary/aromatic N) is 6. The summed E-state index contributed by atoms with van der Waals surface area (Å²) in [6.45, 7) is 4.99. The predicted octanol–water partition coefficient (Wildman–Crippen LogP) is 5.98. The number of likely N-dealkylation sites (tertiary alicyclic amines) is 1. The molecule has 0 bridgehead atoms. The summed E-state index contributed by atoms with van der Waals surface area (Å²) in [5, 5.41) is 12.1. The van der Waals surface area contributed by atoms with E-state index in [1.807, 2.05) is 0 Å². The van der Waals surface area contributed by atoms with Gasteiger partial charge in [0.25, 0.3) is 0 Å². The maximum absolute atomic E-state index is 15.6. The van der Waals surface area contributed by atoms with Crippen LogP contribution in [0.1, 0.15) is 37.6 Å². The third-order valence-electron chi connectivity index (χ3n) is 7.26. The Morgan fingerprint density at radius 1 is 1.17 bits per heavy atom. The molecule has 42 heavy (non-hydrogen) atoms. The van der Waals surface area contributed by atoms with Gasteiger partial charge < -0.3 is 15.3 Å². The van der Waals surface area contributed by atoms with Crippen LogP contribution in [-0.2, 0) is 17.5 Å². The molecule has 2 aromatic heterocycles. The van der Waals surface area contributed by atoms with Gasteiger partial charge in [-0.05, 0) is 44.5 Å². The van der Waals surface area contributed by atoms with Gasteiger partial charge in [0.1, 0.15) is 6.33 Å². The van der Waals surface area contributed by atoms with Crippen LogP contribution in [0.2, 0.25) is 5.02 Å². The van der Waals surface area contributed by atoms with E-state index in [0.717, 1.165) is 36.4 Å². The standard InChI is InChI=1S/C26H28ClF4N7O2S.CH4/c1-15-3-2-4-38(15)12-19-22(16-9-17(26(29,30)31)11-18(27)10-16)34-25(41-19)35-23-21(28)24(33-14-32-23)37-7-5-36(6-8-37)13-20(39)40;/h9-11,14-15H,2-8,12-13H2,1H3,(H,39,40)(H,32,33,34,35);1H4/t15-;/m1./s1. The minimum absolute atomic E-state index is 0. The van der Waals surface area contributed by atoms with Crippen molar-refractivity contribution in [2.24, 2.45) is 0 Å². The highest BCUT2D eigenvalue weighted by atomic mass is 35.5. The number of carbonyl (C=O) groups is 1. The molecular weight excluding hydrogens is 598 g/mol. The van der Waals surface area contributed by atoms with E-state index in [0.29, 0.717) is 44.5 Å². The number of aromatic nitrogens is 3. The molecule has 4 heterocycles.